The van der Waals surface area contributed by atoms with Gasteiger partial charge in [0, 0.05) is 39.0 Å². The van der Waals surface area contributed by atoms with Crippen LogP contribution in [-0.2, 0) is 22.6 Å². The minimum absolute atomic E-state index is 0.0887. The van der Waals surface area contributed by atoms with Crippen molar-refractivity contribution in [2.45, 2.75) is 57.7 Å². The van der Waals surface area contributed by atoms with Gasteiger partial charge in [-0.1, -0.05) is 24.3 Å². The van der Waals surface area contributed by atoms with E-state index >= 15 is 0 Å². The third kappa shape index (κ3) is 6.93. The summed E-state index contributed by atoms with van der Waals surface area (Å²) in [6.45, 7) is 2.08. The Balaban J connectivity index is 1.38. The maximum Gasteiger partial charge on any atom is 0.306 e. The van der Waals surface area contributed by atoms with E-state index in [0.29, 0.717) is 19.5 Å². The molecule has 3 rings (SSSR count). The number of nitrogens with one attached hydrogen (secondary N) is 2. The smallest absolute Gasteiger partial charge is 0.306 e. The van der Waals surface area contributed by atoms with E-state index in [1.165, 1.54) is 24.0 Å². The molecule has 0 unspecified atom stereocenters. The Morgan fingerprint density at radius 3 is 2.72 bits per heavy atom. The van der Waals surface area contributed by atoms with Gasteiger partial charge in [0.25, 0.3) is 0 Å². The number of carbonyl (C=O) groups excluding carboxylic acids is 1. The maximum absolute atomic E-state index is 11.9. The van der Waals surface area contributed by atoms with Gasteiger partial charge in [0.1, 0.15) is 6.10 Å². The van der Waals surface area contributed by atoms with Gasteiger partial charge in [0.15, 0.2) is 5.96 Å². The maximum atomic E-state index is 11.9. The van der Waals surface area contributed by atoms with Crippen molar-refractivity contribution in [2.75, 3.05) is 13.6 Å². The van der Waals surface area contributed by atoms with E-state index in [-0.39, 0.29) is 12.1 Å². The summed E-state index contributed by atoms with van der Waals surface area (Å²) in [5.74, 6) is 0.636. The average molecular weight is 398 g/mol. The van der Waals surface area contributed by atoms with E-state index < -0.39 is 0 Å². The molecule has 1 aromatic heterocycles. The third-order valence-electron chi connectivity index (χ3n) is 5.13. The fourth-order valence-corrected chi connectivity index (χ4v) is 3.54. The second-order valence-electron chi connectivity index (χ2n) is 7.32. The summed E-state index contributed by atoms with van der Waals surface area (Å²) in [5.41, 5.74) is 2.42. The Morgan fingerprint density at radius 2 is 2.00 bits per heavy atom. The zero-order valence-corrected chi connectivity index (χ0v) is 17.1. The van der Waals surface area contributed by atoms with Crippen molar-refractivity contribution in [3.8, 4) is 0 Å². The highest BCUT2D eigenvalue weighted by Crippen LogP contribution is 2.21. The highest BCUT2D eigenvalue weighted by molar-refractivity contribution is 5.79. The summed E-state index contributed by atoms with van der Waals surface area (Å²) < 4.78 is 7.40. The fourth-order valence-electron chi connectivity index (χ4n) is 3.54. The highest BCUT2D eigenvalue weighted by Gasteiger charge is 2.18. The predicted octanol–water partition coefficient (Wildman–Crippen LogP) is 2.86. The van der Waals surface area contributed by atoms with Gasteiger partial charge >= 0.3 is 5.97 Å². The second-order valence-corrected chi connectivity index (χ2v) is 7.32. The molecule has 0 atom stereocenters. The molecule has 7 heteroatoms. The molecule has 29 heavy (non-hydrogen) atoms. The van der Waals surface area contributed by atoms with Crippen molar-refractivity contribution >= 4 is 11.9 Å². The molecule has 1 fully saturated rings. The van der Waals surface area contributed by atoms with Crippen LogP contribution in [0.15, 0.2) is 47.7 Å². The summed E-state index contributed by atoms with van der Waals surface area (Å²) in [6.07, 6.45) is 9.43. The van der Waals surface area contributed by atoms with E-state index in [2.05, 4.69) is 32.9 Å². The minimum atomic E-state index is -0.0887. The lowest BCUT2D eigenvalue weighted by molar-refractivity contribution is -0.148. The van der Waals surface area contributed by atoms with Gasteiger partial charge in [-0.05, 0) is 49.3 Å². The molecular formula is C22H31N5O2. The Kier molecular flexibility index (Phi) is 8.10. The van der Waals surface area contributed by atoms with Crippen LogP contribution in [0.1, 0.15) is 49.7 Å². The van der Waals surface area contributed by atoms with Crippen molar-refractivity contribution < 1.29 is 9.53 Å². The number of hydrogen-bond donors (Lipinski definition) is 2. The van der Waals surface area contributed by atoms with Gasteiger partial charge < -0.3 is 15.4 Å². The van der Waals surface area contributed by atoms with Crippen LogP contribution in [0.25, 0.3) is 0 Å². The normalized spacial score (nSPS) is 14.7. The first-order valence-corrected chi connectivity index (χ1v) is 10.4. The average Bonchev–Trinajstić information content (AvgIpc) is 3.43. The van der Waals surface area contributed by atoms with Crippen molar-refractivity contribution in [3.63, 3.8) is 0 Å². The lowest BCUT2D eigenvalue weighted by Crippen LogP contribution is -2.37. The Bertz CT molecular complexity index is 782. The van der Waals surface area contributed by atoms with E-state index in [1.807, 2.05) is 29.1 Å². The quantitative estimate of drug-likeness (QED) is 0.294. The number of guanidine groups is 1. The molecule has 0 amide bonds. The van der Waals surface area contributed by atoms with Crippen LogP contribution in [0.3, 0.4) is 0 Å². The van der Waals surface area contributed by atoms with Crippen LogP contribution in [-0.4, -0.2) is 41.4 Å². The number of benzene rings is 1. The van der Waals surface area contributed by atoms with E-state index in [0.717, 1.165) is 31.8 Å². The van der Waals surface area contributed by atoms with Gasteiger partial charge in [-0.3, -0.25) is 14.5 Å². The lowest BCUT2D eigenvalue weighted by Gasteiger charge is -2.15. The molecule has 0 saturated heterocycles. The molecule has 0 radical (unpaired) electrons. The number of carbonyl (C=O) groups is 1. The Hall–Kier alpha value is -2.83. The monoisotopic (exact) mass is 397 g/mol. The SMILES string of the molecule is CN=C(NCCCC(=O)OC1CCCC1)NCc1ccccc1Cn1cccn1. The summed E-state index contributed by atoms with van der Waals surface area (Å²) in [6, 6.07) is 10.2. The number of ether oxygens (including phenoxy) is 1. The van der Waals surface area contributed by atoms with Gasteiger partial charge in [-0.2, -0.15) is 5.10 Å². The van der Waals surface area contributed by atoms with Crippen LogP contribution in [0.5, 0.6) is 0 Å². The van der Waals surface area contributed by atoms with E-state index in [4.69, 9.17) is 4.74 Å². The van der Waals surface area contributed by atoms with E-state index in [1.54, 1.807) is 13.2 Å². The Morgan fingerprint density at radius 1 is 1.21 bits per heavy atom. The predicted molar refractivity (Wildman–Crippen MR) is 114 cm³/mol. The minimum Gasteiger partial charge on any atom is -0.462 e. The number of esters is 1. The molecule has 0 spiro atoms. The summed E-state index contributed by atoms with van der Waals surface area (Å²) >= 11 is 0. The van der Waals surface area contributed by atoms with Crippen molar-refractivity contribution in [1.82, 2.24) is 20.4 Å². The molecule has 0 bridgehead atoms. The van der Waals surface area contributed by atoms with Crippen molar-refractivity contribution in [1.29, 1.82) is 0 Å². The van der Waals surface area contributed by atoms with Gasteiger partial charge in [0.2, 0.25) is 0 Å². The Labute approximate surface area is 172 Å². The third-order valence-corrected chi connectivity index (χ3v) is 5.13. The molecule has 2 N–H and O–H groups in total. The van der Waals surface area contributed by atoms with Gasteiger partial charge in [-0.15, -0.1) is 0 Å². The highest BCUT2D eigenvalue weighted by atomic mass is 16.5. The van der Waals surface area contributed by atoms with Gasteiger partial charge in [0.05, 0.1) is 6.54 Å². The first kappa shape index (κ1) is 20.9. The molecule has 1 saturated carbocycles. The topological polar surface area (TPSA) is 80.5 Å². The van der Waals surface area contributed by atoms with Crippen LogP contribution >= 0.6 is 0 Å². The summed E-state index contributed by atoms with van der Waals surface area (Å²) in [4.78, 5) is 16.2. The molecule has 1 heterocycles. The zero-order chi connectivity index (χ0) is 20.3. The first-order chi connectivity index (χ1) is 14.2. The standard InChI is InChI=1S/C22H31N5O2/c1-23-22(24-13-6-12-21(28)29-20-10-4-5-11-20)25-16-18-8-2-3-9-19(18)17-27-15-7-14-26-27/h2-3,7-9,14-15,20H,4-6,10-13,16-17H2,1H3,(H2,23,24,25). The van der Waals surface area contributed by atoms with Crippen molar-refractivity contribution in [2.24, 2.45) is 4.99 Å². The number of aliphatic imine (C=N–C) groups is 1. The van der Waals surface area contributed by atoms with Crippen LogP contribution in [0.2, 0.25) is 0 Å². The number of hydrogen-bond acceptors (Lipinski definition) is 4. The molecular weight excluding hydrogens is 366 g/mol. The molecule has 1 aliphatic rings. The molecule has 156 valence electrons. The second kappa shape index (κ2) is 11.2. The van der Waals surface area contributed by atoms with Crippen LogP contribution < -0.4 is 10.6 Å². The zero-order valence-electron chi connectivity index (χ0n) is 17.1. The number of nitrogens with zero attached hydrogens (tertiary/aromatic N) is 3. The lowest BCUT2D eigenvalue weighted by atomic mass is 10.1. The molecule has 2 aromatic rings. The number of rotatable bonds is 9. The van der Waals surface area contributed by atoms with Gasteiger partial charge in [-0.25, -0.2) is 0 Å². The molecule has 0 aliphatic heterocycles. The molecule has 1 aliphatic carbocycles. The fraction of sp³-hybridized carbons (Fsp3) is 0.500. The summed E-state index contributed by atoms with van der Waals surface area (Å²) in [5, 5.41) is 10.9. The van der Waals surface area contributed by atoms with Crippen LogP contribution in [0, 0.1) is 0 Å². The summed E-state index contributed by atoms with van der Waals surface area (Å²) in [7, 11) is 1.75. The molecule has 1 aromatic carbocycles. The van der Waals surface area contributed by atoms with Crippen LogP contribution in [0.4, 0.5) is 0 Å². The largest absolute Gasteiger partial charge is 0.462 e. The number of aromatic nitrogens is 2. The van der Waals surface area contributed by atoms with Crippen molar-refractivity contribution in [3.05, 3.63) is 53.9 Å². The first-order valence-electron chi connectivity index (χ1n) is 10.4. The molecule has 7 nitrogen and oxygen atoms in total. The van der Waals surface area contributed by atoms with E-state index in [9.17, 15) is 4.79 Å².